The zero-order valence-electron chi connectivity index (χ0n) is 14.3. The Labute approximate surface area is 155 Å². The van der Waals surface area contributed by atoms with Gasteiger partial charge < -0.3 is 4.98 Å². The molecule has 0 fully saturated rings. The van der Waals surface area contributed by atoms with E-state index in [-0.39, 0.29) is 22.0 Å². The van der Waals surface area contributed by atoms with Crippen molar-refractivity contribution in [2.45, 2.75) is 24.2 Å². The van der Waals surface area contributed by atoms with Gasteiger partial charge in [0, 0.05) is 5.56 Å². The van der Waals surface area contributed by atoms with E-state index in [1.54, 1.807) is 30.3 Å². The number of aryl methyl sites for hydroxylation is 1. The highest BCUT2D eigenvalue weighted by Gasteiger charge is 2.34. The van der Waals surface area contributed by atoms with Gasteiger partial charge >= 0.3 is 0 Å². The van der Waals surface area contributed by atoms with Gasteiger partial charge in [-0.2, -0.15) is 18.1 Å². The summed E-state index contributed by atoms with van der Waals surface area (Å²) in [5, 5.41) is 10.1. The van der Waals surface area contributed by atoms with E-state index in [0.717, 1.165) is 12.0 Å². The number of H-pyrrole nitrogens is 1. The van der Waals surface area contributed by atoms with Crippen LogP contribution in [-0.4, -0.2) is 24.1 Å². The molecule has 0 amide bonds. The molecule has 134 valence electrons. The maximum Gasteiger partial charge on any atom is 0.283 e. The Bertz CT molecular complexity index is 1320. The van der Waals surface area contributed by atoms with E-state index in [1.165, 1.54) is 6.07 Å². The third-order valence-corrected chi connectivity index (χ3v) is 5.88. The molecule has 1 aromatic heterocycles. The highest BCUT2D eigenvalue weighted by molar-refractivity contribution is 7.90. The molecule has 1 N–H and O–H groups in total. The third kappa shape index (κ3) is 2.73. The first-order valence-electron chi connectivity index (χ1n) is 8.31. The van der Waals surface area contributed by atoms with E-state index in [0.29, 0.717) is 16.5 Å². The Morgan fingerprint density at radius 3 is 2.74 bits per heavy atom. The van der Waals surface area contributed by atoms with E-state index in [1.807, 2.05) is 19.1 Å². The number of sulfonamides is 1. The molecule has 8 heteroatoms. The first-order chi connectivity index (χ1) is 12.9. The van der Waals surface area contributed by atoms with Gasteiger partial charge in [-0.15, -0.1) is 0 Å². The Kier molecular flexibility index (Phi) is 3.89. The van der Waals surface area contributed by atoms with E-state index >= 15 is 0 Å². The zero-order valence-corrected chi connectivity index (χ0v) is 15.1. The SMILES string of the molecule is CCc1ccc2nc(C(C#N)C3=NS(=O)(=O)c4ccccc43)[nH]c(=O)c2c1. The van der Waals surface area contributed by atoms with Crippen LogP contribution in [0.2, 0.25) is 0 Å². The molecule has 27 heavy (non-hydrogen) atoms. The molecular weight excluding hydrogens is 364 g/mol. The summed E-state index contributed by atoms with van der Waals surface area (Å²) in [6.45, 7) is 1.99. The quantitative estimate of drug-likeness (QED) is 0.750. The van der Waals surface area contributed by atoms with Crippen LogP contribution >= 0.6 is 0 Å². The fourth-order valence-corrected chi connectivity index (χ4v) is 4.41. The van der Waals surface area contributed by atoms with E-state index < -0.39 is 15.9 Å². The van der Waals surface area contributed by atoms with E-state index in [9.17, 15) is 18.5 Å². The molecule has 0 bridgehead atoms. The predicted octanol–water partition coefficient (Wildman–Crippen LogP) is 2.28. The minimum absolute atomic E-state index is 0.0518. The van der Waals surface area contributed by atoms with Crippen molar-refractivity contribution in [3.05, 3.63) is 69.8 Å². The van der Waals surface area contributed by atoms with E-state index in [4.69, 9.17) is 0 Å². The van der Waals surface area contributed by atoms with Gasteiger partial charge in [-0.1, -0.05) is 31.2 Å². The lowest BCUT2D eigenvalue weighted by Gasteiger charge is -2.10. The third-order valence-electron chi connectivity index (χ3n) is 4.53. The Morgan fingerprint density at radius 1 is 1.22 bits per heavy atom. The molecule has 1 atom stereocenters. The van der Waals surface area contributed by atoms with Crippen molar-refractivity contribution in [2.24, 2.45) is 4.40 Å². The van der Waals surface area contributed by atoms with E-state index in [2.05, 4.69) is 14.4 Å². The summed E-state index contributed by atoms with van der Waals surface area (Å²) < 4.78 is 28.3. The van der Waals surface area contributed by atoms with Crippen LogP contribution < -0.4 is 5.56 Å². The van der Waals surface area contributed by atoms with Gasteiger partial charge in [0.25, 0.3) is 15.6 Å². The average molecular weight is 378 g/mol. The molecule has 0 aliphatic carbocycles. The number of nitrogens with zero attached hydrogens (tertiary/aromatic N) is 3. The number of fused-ring (bicyclic) bond motifs is 2. The Balaban J connectivity index is 1.90. The van der Waals surface area contributed by atoms with Crippen molar-refractivity contribution in [2.75, 3.05) is 0 Å². The lowest BCUT2D eigenvalue weighted by atomic mass is 9.97. The van der Waals surface area contributed by atoms with Crippen molar-refractivity contribution >= 4 is 26.6 Å². The Morgan fingerprint density at radius 2 is 2.00 bits per heavy atom. The topological polar surface area (TPSA) is 116 Å². The molecule has 1 aliphatic heterocycles. The molecule has 2 heterocycles. The molecule has 0 spiro atoms. The lowest BCUT2D eigenvalue weighted by molar-refractivity contribution is 0.599. The van der Waals surface area contributed by atoms with Gasteiger partial charge in [0.05, 0.1) is 27.6 Å². The number of nitrogens with one attached hydrogen (secondary N) is 1. The minimum Gasteiger partial charge on any atom is -0.309 e. The van der Waals surface area contributed by atoms with Crippen LogP contribution in [-0.2, 0) is 16.4 Å². The molecule has 1 aliphatic rings. The number of aromatic nitrogens is 2. The van der Waals surface area contributed by atoms with Crippen LogP contribution in [0.1, 0.15) is 29.8 Å². The van der Waals surface area contributed by atoms with Crippen LogP contribution in [0.4, 0.5) is 0 Å². The molecule has 2 aromatic carbocycles. The normalized spacial score (nSPS) is 15.8. The Hall–Kier alpha value is -3.31. The fourth-order valence-electron chi connectivity index (χ4n) is 3.15. The zero-order chi connectivity index (χ0) is 19.2. The largest absolute Gasteiger partial charge is 0.309 e. The maximum absolute atomic E-state index is 12.5. The van der Waals surface area contributed by atoms with Gasteiger partial charge in [-0.25, -0.2) is 4.98 Å². The second kappa shape index (κ2) is 6.14. The van der Waals surface area contributed by atoms with Crippen molar-refractivity contribution in [3.8, 4) is 6.07 Å². The highest BCUT2D eigenvalue weighted by atomic mass is 32.2. The second-order valence-electron chi connectivity index (χ2n) is 6.17. The molecule has 4 rings (SSSR count). The van der Waals surface area contributed by atoms with Crippen LogP contribution in [0.5, 0.6) is 0 Å². The summed E-state index contributed by atoms with van der Waals surface area (Å²) >= 11 is 0. The van der Waals surface area contributed by atoms with Crippen LogP contribution in [0.15, 0.2) is 56.6 Å². The van der Waals surface area contributed by atoms with Crippen molar-refractivity contribution in [1.82, 2.24) is 9.97 Å². The average Bonchev–Trinajstić information content (AvgIpc) is 2.94. The summed E-state index contributed by atoms with van der Waals surface area (Å²) in [6.07, 6.45) is 0.781. The molecule has 3 aromatic rings. The molecule has 0 saturated carbocycles. The number of aromatic amines is 1. The number of hydrogen-bond acceptors (Lipinski definition) is 5. The smallest absolute Gasteiger partial charge is 0.283 e. The standard InChI is InChI=1S/C19H14N4O3S/c1-2-11-7-8-15-13(9-11)19(24)22-18(21-15)14(10-20)17-12-5-3-4-6-16(12)27(25,26)23-17/h3-9,14H,2H2,1H3,(H,21,22,24). The van der Waals surface area contributed by atoms with Crippen LogP contribution in [0.3, 0.4) is 0 Å². The van der Waals surface area contributed by atoms with Crippen LogP contribution in [0.25, 0.3) is 10.9 Å². The number of benzene rings is 2. The molecule has 1 unspecified atom stereocenters. The summed E-state index contributed by atoms with van der Waals surface area (Å²) in [6, 6.07) is 13.7. The summed E-state index contributed by atoms with van der Waals surface area (Å²) in [4.78, 5) is 19.6. The molecule has 0 radical (unpaired) electrons. The van der Waals surface area contributed by atoms with Gasteiger partial charge in [0.1, 0.15) is 11.7 Å². The number of rotatable bonds is 3. The highest BCUT2D eigenvalue weighted by Crippen LogP contribution is 2.31. The first-order valence-corrected chi connectivity index (χ1v) is 9.75. The maximum atomic E-state index is 12.5. The lowest BCUT2D eigenvalue weighted by Crippen LogP contribution is -2.19. The van der Waals surface area contributed by atoms with Crippen LogP contribution in [0, 0.1) is 11.3 Å². The summed E-state index contributed by atoms with van der Waals surface area (Å²) in [5.41, 5.74) is 1.50. The fraction of sp³-hybridized carbons (Fsp3) is 0.158. The molecule has 0 saturated heterocycles. The van der Waals surface area contributed by atoms with Gasteiger partial charge in [0.15, 0.2) is 0 Å². The van der Waals surface area contributed by atoms with Crippen molar-refractivity contribution < 1.29 is 8.42 Å². The molecular formula is C19H14N4O3S. The monoisotopic (exact) mass is 378 g/mol. The first kappa shape index (κ1) is 17.1. The number of hydrogen-bond donors (Lipinski definition) is 1. The van der Waals surface area contributed by atoms with Crippen molar-refractivity contribution in [3.63, 3.8) is 0 Å². The van der Waals surface area contributed by atoms with Gasteiger partial charge in [0.2, 0.25) is 0 Å². The second-order valence-corrected chi connectivity index (χ2v) is 7.74. The summed E-state index contributed by atoms with van der Waals surface area (Å²) in [5.74, 6) is -1.03. The van der Waals surface area contributed by atoms with Gasteiger partial charge in [-0.05, 0) is 30.2 Å². The van der Waals surface area contributed by atoms with Crippen molar-refractivity contribution in [1.29, 1.82) is 5.26 Å². The number of nitriles is 1. The summed E-state index contributed by atoms with van der Waals surface area (Å²) in [7, 11) is -3.86. The minimum atomic E-state index is -3.86. The predicted molar refractivity (Wildman–Crippen MR) is 100 cm³/mol. The molecule has 7 nitrogen and oxygen atoms in total. The van der Waals surface area contributed by atoms with Gasteiger partial charge in [-0.3, -0.25) is 4.79 Å².